The van der Waals surface area contributed by atoms with E-state index in [2.05, 4.69) is 25.0 Å². The predicted octanol–water partition coefficient (Wildman–Crippen LogP) is 4.12. The predicted molar refractivity (Wildman–Crippen MR) is 82.7 cm³/mol. The molecule has 1 N–H and O–H groups in total. The van der Waals surface area contributed by atoms with Gasteiger partial charge in [-0.15, -0.1) is 0 Å². The van der Waals surface area contributed by atoms with E-state index in [0.29, 0.717) is 12.5 Å². The molecule has 0 aromatic carbocycles. The van der Waals surface area contributed by atoms with Crippen molar-refractivity contribution < 1.29 is 5.11 Å². The molecule has 1 saturated carbocycles. The summed E-state index contributed by atoms with van der Waals surface area (Å²) in [6.45, 7) is 4.35. The number of aromatic nitrogens is 2. The lowest BCUT2D eigenvalue weighted by Crippen LogP contribution is -2.17. The molecular weight excluding hydrogens is 248 g/mol. The number of aliphatic hydroxyl groups is 1. The Labute approximate surface area is 123 Å². The van der Waals surface area contributed by atoms with E-state index >= 15 is 0 Å². The molecule has 0 aliphatic heterocycles. The summed E-state index contributed by atoms with van der Waals surface area (Å²) in [5.74, 6) is 0.726. The average Bonchev–Trinajstić information content (AvgIpc) is 2.74. The molecule has 0 spiro atoms. The Morgan fingerprint density at radius 2 is 2.00 bits per heavy atom. The third kappa shape index (κ3) is 4.62. The van der Waals surface area contributed by atoms with Crippen molar-refractivity contribution in [3.8, 4) is 0 Å². The van der Waals surface area contributed by atoms with Crippen LogP contribution in [0.4, 0.5) is 0 Å². The highest BCUT2D eigenvalue weighted by Crippen LogP contribution is 2.27. The monoisotopic (exact) mass is 278 g/mol. The highest BCUT2D eigenvalue weighted by atomic mass is 16.3. The van der Waals surface area contributed by atoms with Crippen LogP contribution in [0.1, 0.15) is 76.9 Å². The Balaban J connectivity index is 1.81. The molecule has 2 atom stereocenters. The number of aliphatic hydroxyl groups excluding tert-OH is 1. The highest BCUT2D eigenvalue weighted by Gasteiger charge is 2.17. The van der Waals surface area contributed by atoms with Crippen molar-refractivity contribution >= 4 is 0 Å². The van der Waals surface area contributed by atoms with Crippen LogP contribution in [0.3, 0.4) is 0 Å². The van der Waals surface area contributed by atoms with E-state index in [0.717, 1.165) is 24.5 Å². The van der Waals surface area contributed by atoms with Gasteiger partial charge < -0.3 is 5.11 Å². The fourth-order valence-electron chi connectivity index (χ4n) is 3.23. The van der Waals surface area contributed by atoms with E-state index in [1.165, 1.54) is 38.5 Å². The summed E-state index contributed by atoms with van der Waals surface area (Å²) in [7, 11) is 0. The summed E-state index contributed by atoms with van der Waals surface area (Å²) < 4.78 is 2.02. The molecule has 1 aromatic rings. The van der Waals surface area contributed by atoms with Crippen LogP contribution >= 0.6 is 0 Å². The third-order valence-corrected chi connectivity index (χ3v) is 4.73. The second-order valence-electron chi connectivity index (χ2n) is 6.50. The number of nitrogens with zero attached hydrogens (tertiary/aromatic N) is 2. The maximum atomic E-state index is 10.3. The molecule has 0 amide bonds. The van der Waals surface area contributed by atoms with E-state index in [1.807, 2.05) is 10.9 Å². The molecule has 114 valence electrons. The summed E-state index contributed by atoms with van der Waals surface area (Å²) in [6.07, 6.45) is 12.6. The third-order valence-electron chi connectivity index (χ3n) is 4.73. The second kappa shape index (κ2) is 7.82. The molecule has 0 saturated heterocycles. The normalized spacial score (nSPS) is 20.6. The van der Waals surface area contributed by atoms with Gasteiger partial charge in [0.25, 0.3) is 0 Å². The van der Waals surface area contributed by atoms with Gasteiger partial charge >= 0.3 is 0 Å². The average molecular weight is 278 g/mol. The zero-order chi connectivity index (χ0) is 14.4. The Bertz CT molecular complexity index is 380. The Hall–Kier alpha value is -0.830. The number of hydrogen-bond acceptors (Lipinski definition) is 2. The lowest BCUT2D eigenvalue weighted by Gasteiger charge is -2.17. The quantitative estimate of drug-likeness (QED) is 0.795. The van der Waals surface area contributed by atoms with Crippen molar-refractivity contribution in [1.29, 1.82) is 0 Å². The summed E-state index contributed by atoms with van der Waals surface area (Å²) in [5, 5.41) is 14.9. The molecule has 3 nitrogen and oxygen atoms in total. The Morgan fingerprint density at radius 1 is 1.30 bits per heavy atom. The number of rotatable bonds is 6. The first-order valence-electron chi connectivity index (χ1n) is 8.41. The van der Waals surface area contributed by atoms with Crippen molar-refractivity contribution in [3.05, 3.63) is 18.0 Å². The largest absolute Gasteiger partial charge is 0.393 e. The molecule has 1 heterocycles. The highest BCUT2D eigenvalue weighted by molar-refractivity contribution is 5.01. The summed E-state index contributed by atoms with van der Waals surface area (Å²) in [6, 6.07) is 2.50. The minimum atomic E-state index is -0.224. The van der Waals surface area contributed by atoms with Crippen LogP contribution < -0.4 is 0 Å². The summed E-state index contributed by atoms with van der Waals surface area (Å²) >= 11 is 0. The molecule has 0 radical (unpaired) electrons. The zero-order valence-electron chi connectivity index (χ0n) is 13.1. The van der Waals surface area contributed by atoms with Crippen LogP contribution in [-0.2, 0) is 6.42 Å². The molecule has 3 heteroatoms. The van der Waals surface area contributed by atoms with Crippen LogP contribution in [0.15, 0.2) is 12.3 Å². The van der Waals surface area contributed by atoms with Crippen molar-refractivity contribution in [2.24, 2.45) is 5.92 Å². The minimum Gasteiger partial charge on any atom is -0.393 e. The fraction of sp³-hybridized carbons (Fsp3) is 0.824. The molecule has 20 heavy (non-hydrogen) atoms. The van der Waals surface area contributed by atoms with Gasteiger partial charge in [-0.3, -0.25) is 4.68 Å². The molecule has 1 aliphatic rings. The maximum absolute atomic E-state index is 10.3. The molecule has 0 bridgehead atoms. The molecule has 2 unspecified atom stereocenters. The van der Waals surface area contributed by atoms with E-state index in [4.69, 9.17) is 0 Å². The summed E-state index contributed by atoms with van der Waals surface area (Å²) in [5.41, 5.74) is 1.03. The van der Waals surface area contributed by atoms with Crippen molar-refractivity contribution in [2.75, 3.05) is 0 Å². The van der Waals surface area contributed by atoms with Crippen LogP contribution in [-0.4, -0.2) is 21.0 Å². The molecule has 2 rings (SSSR count). The van der Waals surface area contributed by atoms with Crippen LogP contribution in [0.2, 0.25) is 0 Å². The maximum Gasteiger partial charge on any atom is 0.0650 e. The van der Waals surface area contributed by atoms with Gasteiger partial charge in [-0.2, -0.15) is 5.10 Å². The zero-order valence-corrected chi connectivity index (χ0v) is 13.1. The van der Waals surface area contributed by atoms with E-state index in [9.17, 15) is 5.11 Å². The second-order valence-corrected chi connectivity index (χ2v) is 6.50. The SMILES string of the molecule is CCC(C)n1ccc(CC(O)CC2CCCCCC2)n1. The van der Waals surface area contributed by atoms with Crippen molar-refractivity contribution in [1.82, 2.24) is 9.78 Å². The van der Waals surface area contributed by atoms with Gasteiger partial charge in [-0.25, -0.2) is 0 Å². The fourth-order valence-corrected chi connectivity index (χ4v) is 3.23. The summed E-state index contributed by atoms with van der Waals surface area (Å²) in [4.78, 5) is 0. The topological polar surface area (TPSA) is 38.0 Å². The first-order chi connectivity index (χ1) is 9.69. The van der Waals surface area contributed by atoms with E-state index in [-0.39, 0.29) is 6.10 Å². The van der Waals surface area contributed by atoms with Gasteiger partial charge in [0.15, 0.2) is 0 Å². The lowest BCUT2D eigenvalue weighted by atomic mass is 9.92. The van der Waals surface area contributed by atoms with Gasteiger partial charge in [-0.1, -0.05) is 45.4 Å². The van der Waals surface area contributed by atoms with Crippen molar-refractivity contribution in [3.63, 3.8) is 0 Å². The van der Waals surface area contributed by atoms with Crippen LogP contribution in [0.5, 0.6) is 0 Å². The first-order valence-corrected chi connectivity index (χ1v) is 8.41. The van der Waals surface area contributed by atoms with Gasteiger partial charge in [0.2, 0.25) is 0 Å². The molecular formula is C17H30N2O. The van der Waals surface area contributed by atoms with Crippen LogP contribution in [0.25, 0.3) is 0 Å². The lowest BCUT2D eigenvalue weighted by molar-refractivity contribution is 0.136. The number of hydrogen-bond donors (Lipinski definition) is 1. The standard InChI is InChI=1S/C17H30N2O/c1-3-14(2)19-11-10-16(18-19)13-17(20)12-15-8-6-4-5-7-9-15/h10-11,14-15,17,20H,3-9,12-13H2,1-2H3. The Kier molecular flexibility index (Phi) is 6.08. The van der Waals surface area contributed by atoms with Crippen LogP contribution in [0, 0.1) is 5.92 Å². The van der Waals surface area contributed by atoms with Gasteiger partial charge in [0.1, 0.15) is 0 Å². The van der Waals surface area contributed by atoms with E-state index < -0.39 is 0 Å². The Morgan fingerprint density at radius 3 is 2.65 bits per heavy atom. The molecule has 1 aliphatic carbocycles. The van der Waals surface area contributed by atoms with Crippen molar-refractivity contribution in [2.45, 2.75) is 83.8 Å². The van der Waals surface area contributed by atoms with E-state index in [1.54, 1.807) is 0 Å². The van der Waals surface area contributed by atoms with Gasteiger partial charge in [-0.05, 0) is 31.7 Å². The molecule has 1 fully saturated rings. The minimum absolute atomic E-state index is 0.224. The molecule has 1 aromatic heterocycles. The first kappa shape index (κ1) is 15.6. The smallest absolute Gasteiger partial charge is 0.0650 e. The van der Waals surface area contributed by atoms with Gasteiger partial charge in [0.05, 0.1) is 11.8 Å². The van der Waals surface area contributed by atoms with Gasteiger partial charge in [0, 0.05) is 18.7 Å².